The molecule has 0 radical (unpaired) electrons. The molecule has 0 bridgehead atoms. The Morgan fingerprint density at radius 2 is 1.91 bits per heavy atom. The molecule has 0 atom stereocenters. The second-order valence-electron chi connectivity index (χ2n) is 7.78. The van der Waals surface area contributed by atoms with Gasteiger partial charge in [-0.15, -0.1) is 11.3 Å². The fourth-order valence-electron chi connectivity index (χ4n) is 3.90. The van der Waals surface area contributed by atoms with Crippen LogP contribution in [0.5, 0.6) is 11.5 Å². The van der Waals surface area contributed by atoms with Crippen LogP contribution in [0.1, 0.15) is 17.7 Å². The molecule has 0 saturated heterocycles. The molecule has 1 aromatic heterocycles. The average molecular weight is 448 g/mol. The minimum Gasteiger partial charge on any atom is -0.486 e. The molecule has 0 fully saturated rings. The third-order valence-electron chi connectivity index (χ3n) is 5.64. The monoisotopic (exact) mass is 447 g/mol. The number of nitrogens with one attached hydrogen (secondary N) is 1. The number of hydrogen-bond donors (Lipinski definition) is 1. The Labute approximate surface area is 191 Å². The molecule has 164 valence electrons. The molecule has 3 aromatic rings. The van der Waals surface area contributed by atoms with Gasteiger partial charge in [0.25, 0.3) is 0 Å². The average Bonchev–Trinajstić information content (AvgIpc) is 3.33. The largest absolute Gasteiger partial charge is 0.486 e. The lowest BCUT2D eigenvalue weighted by Gasteiger charge is -2.27. The second kappa shape index (κ2) is 9.44. The molecule has 1 N–H and O–H groups in total. The van der Waals surface area contributed by atoms with Gasteiger partial charge in [0, 0.05) is 37.0 Å². The molecule has 0 spiro atoms. The van der Waals surface area contributed by atoms with Crippen LogP contribution in [0.15, 0.2) is 60.0 Å². The second-order valence-corrected chi connectivity index (χ2v) is 8.63. The third kappa shape index (κ3) is 4.62. The van der Waals surface area contributed by atoms with E-state index in [0.717, 1.165) is 46.2 Å². The first-order valence-corrected chi connectivity index (χ1v) is 11.8. The number of hydrogen-bond acceptors (Lipinski definition) is 5. The van der Waals surface area contributed by atoms with Crippen LogP contribution >= 0.6 is 11.3 Å². The van der Waals surface area contributed by atoms with Crippen molar-refractivity contribution in [3.8, 4) is 22.1 Å². The maximum atomic E-state index is 12.6. The SMILES string of the molecule is O=C(NCCc1csc(-c2ccccc2)n1)N1CC=C(c2ccc3c(c2)OCCO3)CC1. The van der Waals surface area contributed by atoms with E-state index in [1.54, 1.807) is 11.3 Å². The van der Waals surface area contributed by atoms with E-state index < -0.39 is 0 Å². The van der Waals surface area contributed by atoms with Crippen molar-refractivity contribution in [2.24, 2.45) is 0 Å². The Kier molecular flexibility index (Phi) is 6.07. The number of fused-ring (bicyclic) bond motifs is 1. The van der Waals surface area contributed by atoms with E-state index in [1.165, 1.54) is 5.57 Å². The van der Waals surface area contributed by atoms with E-state index in [4.69, 9.17) is 9.47 Å². The van der Waals surface area contributed by atoms with Crippen LogP contribution in [-0.4, -0.2) is 48.8 Å². The standard InChI is InChI=1S/C25H25N3O3S/c29-25(26-11-8-21-17-32-24(27-21)19-4-2-1-3-5-19)28-12-9-18(10-13-28)20-6-7-22-23(16-20)31-15-14-30-22/h1-7,9,16-17H,8,10-15H2,(H,26,29). The molecule has 3 heterocycles. The summed E-state index contributed by atoms with van der Waals surface area (Å²) < 4.78 is 11.3. The van der Waals surface area contributed by atoms with Gasteiger partial charge in [-0.05, 0) is 29.7 Å². The molecule has 0 unspecified atom stereocenters. The predicted octanol–water partition coefficient (Wildman–Crippen LogP) is 4.62. The summed E-state index contributed by atoms with van der Waals surface area (Å²) in [6.07, 6.45) is 3.67. The topological polar surface area (TPSA) is 63.7 Å². The smallest absolute Gasteiger partial charge is 0.317 e. The molecule has 7 heteroatoms. The molecule has 2 aromatic carbocycles. The lowest BCUT2D eigenvalue weighted by molar-refractivity contribution is 0.171. The Balaban J connectivity index is 1.12. The number of aromatic nitrogens is 1. The van der Waals surface area contributed by atoms with Crippen molar-refractivity contribution in [1.29, 1.82) is 0 Å². The number of carbonyl (C=O) groups excluding carboxylic acids is 1. The summed E-state index contributed by atoms with van der Waals surface area (Å²) in [5, 5.41) is 6.11. The minimum atomic E-state index is -0.0269. The highest BCUT2D eigenvalue weighted by Gasteiger charge is 2.19. The van der Waals surface area contributed by atoms with Crippen molar-refractivity contribution in [3.05, 3.63) is 71.2 Å². The van der Waals surface area contributed by atoms with Crippen LogP contribution in [-0.2, 0) is 6.42 Å². The summed E-state index contributed by atoms with van der Waals surface area (Å²) in [5.74, 6) is 1.60. The summed E-state index contributed by atoms with van der Waals surface area (Å²) >= 11 is 1.64. The number of amides is 2. The lowest BCUT2D eigenvalue weighted by Crippen LogP contribution is -2.42. The number of rotatable bonds is 5. The summed E-state index contributed by atoms with van der Waals surface area (Å²) in [5.41, 5.74) is 4.50. The zero-order chi connectivity index (χ0) is 21.8. The number of ether oxygens (including phenoxy) is 2. The first-order chi connectivity index (χ1) is 15.8. The number of carbonyl (C=O) groups is 1. The molecule has 0 saturated carbocycles. The maximum absolute atomic E-state index is 12.6. The van der Waals surface area contributed by atoms with Gasteiger partial charge in [0.1, 0.15) is 18.2 Å². The van der Waals surface area contributed by atoms with Crippen molar-refractivity contribution in [1.82, 2.24) is 15.2 Å². The van der Waals surface area contributed by atoms with E-state index in [-0.39, 0.29) is 6.03 Å². The third-order valence-corrected chi connectivity index (χ3v) is 6.58. The van der Waals surface area contributed by atoms with E-state index in [1.807, 2.05) is 35.2 Å². The van der Waals surface area contributed by atoms with Gasteiger partial charge in [-0.3, -0.25) is 0 Å². The number of thiazole rings is 1. The fraction of sp³-hybridized carbons (Fsp3) is 0.280. The Morgan fingerprint density at radius 3 is 2.72 bits per heavy atom. The molecule has 5 rings (SSSR count). The molecule has 6 nitrogen and oxygen atoms in total. The maximum Gasteiger partial charge on any atom is 0.317 e. The van der Waals surface area contributed by atoms with Gasteiger partial charge in [-0.2, -0.15) is 0 Å². The first-order valence-electron chi connectivity index (χ1n) is 10.9. The van der Waals surface area contributed by atoms with Crippen LogP contribution in [0.3, 0.4) is 0 Å². The molecular formula is C25H25N3O3S. The van der Waals surface area contributed by atoms with Crippen LogP contribution < -0.4 is 14.8 Å². The summed E-state index contributed by atoms with van der Waals surface area (Å²) in [6.45, 7) is 3.05. The highest BCUT2D eigenvalue weighted by atomic mass is 32.1. The van der Waals surface area contributed by atoms with Gasteiger partial charge in [-0.25, -0.2) is 9.78 Å². The van der Waals surface area contributed by atoms with Crippen LogP contribution in [0.25, 0.3) is 16.1 Å². The van der Waals surface area contributed by atoms with Crippen molar-refractivity contribution < 1.29 is 14.3 Å². The normalized spacial score (nSPS) is 15.2. The molecule has 32 heavy (non-hydrogen) atoms. The van der Waals surface area contributed by atoms with Gasteiger partial charge < -0.3 is 19.7 Å². The van der Waals surface area contributed by atoms with Gasteiger partial charge in [-0.1, -0.05) is 42.5 Å². The molecular weight excluding hydrogens is 422 g/mol. The molecule has 2 aliphatic heterocycles. The number of urea groups is 1. The quantitative estimate of drug-likeness (QED) is 0.620. The van der Waals surface area contributed by atoms with Crippen molar-refractivity contribution >= 4 is 22.9 Å². The van der Waals surface area contributed by atoms with Crippen molar-refractivity contribution in [2.45, 2.75) is 12.8 Å². The lowest BCUT2D eigenvalue weighted by atomic mass is 9.99. The van der Waals surface area contributed by atoms with Gasteiger partial charge in [0.15, 0.2) is 11.5 Å². The van der Waals surface area contributed by atoms with E-state index in [2.05, 4.69) is 40.0 Å². The first kappa shape index (κ1) is 20.6. The Morgan fingerprint density at radius 1 is 1.06 bits per heavy atom. The van der Waals surface area contributed by atoms with Crippen molar-refractivity contribution in [2.75, 3.05) is 32.8 Å². The number of nitrogens with zero attached hydrogens (tertiary/aromatic N) is 2. The summed E-state index contributed by atoms with van der Waals surface area (Å²) in [7, 11) is 0. The van der Waals surface area contributed by atoms with Crippen LogP contribution in [0.4, 0.5) is 4.79 Å². The van der Waals surface area contributed by atoms with Gasteiger partial charge in [0.2, 0.25) is 0 Å². The summed E-state index contributed by atoms with van der Waals surface area (Å²) in [6, 6.07) is 16.2. The minimum absolute atomic E-state index is 0.0269. The van der Waals surface area contributed by atoms with E-state index in [9.17, 15) is 4.79 Å². The zero-order valence-corrected chi connectivity index (χ0v) is 18.6. The molecule has 2 aliphatic rings. The highest BCUT2D eigenvalue weighted by Crippen LogP contribution is 2.34. The molecule has 0 aliphatic carbocycles. The zero-order valence-electron chi connectivity index (χ0n) is 17.8. The highest BCUT2D eigenvalue weighted by molar-refractivity contribution is 7.13. The summed E-state index contributed by atoms with van der Waals surface area (Å²) in [4.78, 5) is 19.1. The molecule has 2 amide bonds. The fourth-order valence-corrected chi connectivity index (χ4v) is 4.76. The predicted molar refractivity (Wildman–Crippen MR) is 126 cm³/mol. The van der Waals surface area contributed by atoms with Gasteiger partial charge in [0.05, 0.1) is 5.69 Å². The van der Waals surface area contributed by atoms with Crippen LogP contribution in [0, 0.1) is 0 Å². The Hall–Kier alpha value is -3.32. The van der Waals surface area contributed by atoms with Crippen molar-refractivity contribution in [3.63, 3.8) is 0 Å². The number of benzene rings is 2. The van der Waals surface area contributed by atoms with Gasteiger partial charge >= 0.3 is 6.03 Å². The van der Waals surface area contributed by atoms with E-state index >= 15 is 0 Å². The van der Waals surface area contributed by atoms with E-state index in [0.29, 0.717) is 32.8 Å². The van der Waals surface area contributed by atoms with Crippen LogP contribution in [0.2, 0.25) is 0 Å². The Bertz CT molecular complexity index is 1130.